The van der Waals surface area contributed by atoms with Crippen molar-refractivity contribution in [2.75, 3.05) is 0 Å². The van der Waals surface area contributed by atoms with Crippen LogP contribution in [0.3, 0.4) is 0 Å². The highest BCUT2D eigenvalue weighted by molar-refractivity contribution is 6.74. The first-order chi connectivity index (χ1) is 9.92. The molecule has 126 valence electrons. The van der Waals surface area contributed by atoms with E-state index >= 15 is 0 Å². The zero-order valence-electron chi connectivity index (χ0n) is 15.0. The lowest BCUT2D eigenvalue weighted by Crippen LogP contribution is -2.49. The lowest BCUT2D eigenvalue weighted by molar-refractivity contribution is -0.262. The van der Waals surface area contributed by atoms with Crippen LogP contribution >= 0.6 is 0 Å². The van der Waals surface area contributed by atoms with Gasteiger partial charge in [0, 0.05) is 18.9 Å². The van der Waals surface area contributed by atoms with E-state index in [4.69, 9.17) is 13.9 Å². The quantitative estimate of drug-likeness (QED) is 0.715. The Kier molecular flexibility index (Phi) is 4.64. The van der Waals surface area contributed by atoms with Crippen LogP contribution in [0.1, 0.15) is 53.9 Å². The largest absolute Gasteiger partial charge is 0.546 e. The number of rotatable bonds is 2. The number of Topliss-reactive ketones (excluding diaryl/α,β-unsaturated/α-hetero) is 1. The molecule has 0 N–H and O–H groups in total. The van der Waals surface area contributed by atoms with Crippen molar-refractivity contribution in [2.24, 2.45) is 0 Å². The fourth-order valence-corrected chi connectivity index (χ4v) is 3.91. The van der Waals surface area contributed by atoms with Crippen LogP contribution in [-0.2, 0) is 18.7 Å². The Morgan fingerprint density at radius 1 is 1.18 bits per heavy atom. The summed E-state index contributed by atoms with van der Waals surface area (Å²) < 4.78 is 18.4. The highest BCUT2D eigenvalue weighted by atomic mass is 28.4. The van der Waals surface area contributed by atoms with Gasteiger partial charge in [-0.05, 0) is 32.0 Å². The predicted molar refractivity (Wildman–Crippen MR) is 89.0 cm³/mol. The standard InChI is InChI=1S/C17H30O4Si/c1-12-8-14(18)10-17(19-12)11-15(9-13(2)20-17)21-22(6,7)16(3,4)5/h11-13H,8-10H2,1-7H3/t12-,13-,17+/m1/s1. The third-order valence-electron chi connectivity index (χ3n) is 4.82. The summed E-state index contributed by atoms with van der Waals surface area (Å²) in [5, 5.41) is 0.138. The van der Waals surface area contributed by atoms with Crippen molar-refractivity contribution in [3.8, 4) is 0 Å². The summed E-state index contributed by atoms with van der Waals surface area (Å²) in [5.41, 5.74) is 0. The Hall–Kier alpha value is -0.653. The van der Waals surface area contributed by atoms with E-state index < -0.39 is 14.1 Å². The number of carbonyl (C=O) groups is 1. The third kappa shape index (κ3) is 3.81. The van der Waals surface area contributed by atoms with Crippen molar-refractivity contribution in [3.05, 3.63) is 11.8 Å². The molecule has 0 aliphatic carbocycles. The summed E-state index contributed by atoms with van der Waals surface area (Å²) in [6.07, 6.45) is 3.28. The molecule has 4 nitrogen and oxygen atoms in total. The minimum atomic E-state index is -1.90. The number of ketones is 1. The minimum Gasteiger partial charge on any atom is -0.546 e. The molecule has 1 spiro atoms. The lowest BCUT2D eigenvalue weighted by atomic mass is 9.97. The number of carbonyl (C=O) groups excluding carboxylic acids is 1. The van der Waals surface area contributed by atoms with Gasteiger partial charge in [0.25, 0.3) is 0 Å². The molecule has 2 rings (SSSR count). The molecule has 0 amide bonds. The maximum atomic E-state index is 12.0. The van der Waals surface area contributed by atoms with Crippen LogP contribution in [0.15, 0.2) is 11.8 Å². The summed E-state index contributed by atoms with van der Waals surface area (Å²) >= 11 is 0. The monoisotopic (exact) mass is 326 g/mol. The second-order valence-electron chi connectivity index (χ2n) is 8.27. The average molecular weight is 327 g/mol. The Morgan fingerprint density at radius 3 is 2.23 bits per heavy atom. The summed E-state index contributed by atoms with van der Waals surface area (Å²) in [4.78, 5) is 12.0. The van der Waals surface area contributed by atoms with Crippen LogP contribution in [-0.4, -0.2) is 32.1 Å². The molecular weight excluding hydrogens is 296 g/mol. The van der Waals surface area contributed by atoms with Crippen LogP contribution in [0.25, 0.3) is 0 Å². The predicted octanol–water partition coefficient (Wildman–Crippen LogP) is 4.17. The fraction of sp³-hybridized carbons (Fsp3) is 0.824. The first-order valence-corrected chi connectivity index (χ1v) is 11.1. The van der Waals surface area contributed by atoms with Gasteiger partial charge in [-0.25, -0.2) is 0 Å². The van der Waals surface area contributed by atoms with Crippen LogP contribution in [0, 0.1) is 0 Å². The van der Waals surface area contributed by atoms with Gasteiger partial charge >= 0.3 is 0 Å². The topological polar surface area (TPSA) is 44.8 Å². The van der Waals surface area contributed by atoms with E-state index in [0.29, 0.717) is 6.42 Å². The molecule has 0 radical (unpaired) electrons. The maximum absolute atomic E-state index is 12.0. The molecule has 22 heavy (non-hydrogen) atoms. The molecule has 0 aromatic heterocycles. The van der Waals surface area contributed by atoms with E-state index in [0.717, 1.165) is 12.2 Å². The van der Waals surface area contributed by atoms with Gasteiger partial charge in [0.05, 0.1) is 24.4 Å². The zero-order valence-corrected chi connectivity index (χ0v) is 16.0. The van der Waals surface area contributed by atoms with E-state index in [2.05, 4.69) is 33.9 Å². The number of hydrogen-bond acceptors (Lipinski definition) is 4. The normalized spacial score (nSPS) is 33.8. The van der Waals surface area contributed by atoms with E-state index in [1.807, 2.05) is 19.9 Å². The first kappa shape index (κ1) is 17.7. The number of hydrogen-bond donors (Lipinski definition) is 0. The first-order valence-electron chi connectivity index (χ1n) is 8.20. The number of ether oxygens (including phenoxy) is 2. The van der Waals surface area contributed by atoms with Gasteiger partial charge in [-0.1, -0.05) is 20.8 Å². The second-order valence-corrected chi connectivity index (χ2v) is 13.0. The van der Waals surface area contributed by atoms with Crippen molar-refractivity contribution in [1.82, 2.24) is 0 Å². The molecule has 0 aromatic rings. The van der Waals surface area contributed by atoms with Crippen LogP contribution in [0.2, 0.25) is 18.1 Å². The molecule has 1 fully saturated rings. The molecule has 3 atom stereocenters. The molecule has 1 saturated heterocycles. The van der Waals surface area contributed by atoms with E-state index in [9.17, 15) is 4.79 Å². The smallest absolute Gasteiger partial charge is 0.250 e. The molecule has 2 heterocycles. The highest BCUT2D eigenvalue weighted by Gasteiger charge is 2.46. The minimum absolute atomic E-state index is 0.0112. The molecular formula is C17H30O4Si. The fourth-order valence-electron chi connectivity index (χ4n) is 2.80. The summed E-state index contributed by atoms with van der Waals surface area (Å²) in [7, 11) is -1.90. The van der Waals surface area contributed by atoms with Gasteiger partial charge in [0.2, 0.25) is 8.32 Å². The maximum Gasteiger partial charge on any atom is 0.250 e. The van der Waals surface area contributed by atoms with Crippen molar-refractivity contribution < 1.29 is 18.7 Å². The molecule has 0 aromatic carbocycles. The van der Waals surface area contributed by atoms with Crippen LogP contribution in [0.5, 0.6) is 0 Å². The summed E-state index contributed by atoms with van der Waals surface area (Å²) in [6.45, 7) is 15.1. The van der Waals surface area contributed by atoms with E-state index in [-0.39, 0.29) is 29.5 Å². The average Bonchev–Trinajstić information content (AvgIpc) is 2.22. The zero-order chi connectivity index (χ0) is 16.8. The van der Waals surface area contributed by atoms with Gasteiger partial charge in [0.1, 0.15) is 5.78 Å². The lowest BCUT2D eigenvalue weighted by Gasteiger charge is -2.44. The Morgan fingerprint density at radius 2 is 1.73 bits per heavy atom. The molecule has 2 aliphatic heterocycles. The Labute approximate surface area is 135 Å². The Balaban J connectivity index is 2.26. The van der Waals surface area contributed by atoms with E-state index in [1.54, 1.807) is 0 Å². The SMILES string of the molecule is C[C@@H]1CC(=O)C[C@]2(C=C(O[Si](C)(C)C(C)(C)C)C[C@@H](C)O2)O1. The van der Waals surface area contributed by atoms with Gasteiger partial charge in [0.15, 0.2) is 5.79 Å². The van der Waals surface area contributed by atoms with Crippen LogP contribution in [0.4, 0.5) is 0 Å². The van der Waals surface area contributed by atoms with Crippen molar-refractivity contribution >= 4 is 14.1 Å². The van der Waals surface area contributed by atoms with Crippen molar-refractivity contribution in [3.63, 3.8) is 0 Å². The van der Waals surface area contributed by atoms with Crippen LogP contribution < -0.4 is 0 Å². The van der Waals surface area contributed by atoms with Crippen molar-refractivity contribution in [2.45, 2.75) is 90.0 Å². The van der Waals surface area contributed by atoms with Crippen molar-refractivity contribution in [1.29, 1.82) is 0 Å². The summed E-state index contributed by atoms with van der Waals surface area (Å²) in [6, 6.07) is 0. The Bertz CT molecular complexity index is 478. The third-order valence-corrected chi connectivity index (χ3v) is 9.21. The molecule has 5 heteroatoms. The molecule has 0 unspecified atom stereocenters. The van der Waals surface area contributed by atoms with Gasteiger partial charge in [-0.15, -0.1) is 0 Å². The summed E-state index contributed by atoms with van der Waals surface area (Å²) in [5.74, 6) is 0.187. The van der Waals surface area contributed by atoms with E-state index in [1.165, 1.54) is 0 Å². The van der Waals surface area contributed by atoms with Gasteiger partial charge < -0.3 is 13.9 Å². The van der Waals surface area contributed by atoms with Gasteiger partial charge in [-0.3, -0.25) is 4.79 Å². The second kappa shape index (κ2) is 5.76. The molecule has 0 saturated carbocycles. The molecule has 0 bridgehead atoms. The molecule has 2 aliphatic rings. The van der Waals surface area contributed by atoms with Gasteiger partial charge in [-0.2, -0.15) is 0 Å². The highest BCUT2D eigenvalue weighted by Crippen LogP contribution is 2.42.